The second kappa shape index (κ2) is 3.51. The summed E-state index contributed by atoms with van der Waals surface area (Å²) in [5.41, 5.74) is -0.377. The van der Waals surface area contributed by atoms with Crippen LogP contribution in [0.25, 0.3) is 0 Å². The van der Waals surface area contributed by atoms with E-state index in [1.54, 1.807) is 4.90 Å². The Morgan fingerprint density at radius 2 is 2.21 bits per heavy atom. The summed E-state index contributed by atoms with van der Waals surface area (Å²) in [6.45, 7) is 3.92. The molecule has 2 rings (SSSR count). The van der Waals surface area contributed by atoms with Crippen molar-refractivity contribution in [2.75, 3.05) is 19.6 Å². The first-order chi connectivity index (χ1) is 6.62. The summed E-state index contributed by atoms with van der Waals surface area (Å²) in [5, 5.41) is 12.4. The van der Waals surface area contributed by atoms with Gasteiger partial charge in [0.05, 0.1) is 11.6 Å². The Morgan fingerprint density at radius 1 is 1.50 bits per heavy atom. The molecule has 0 spiro atoms. The van der Waals surface area contributed by atoms with Gasteiger partial charge in [-0.25, -0.2) is 0 Å². The zero-order chi connectivity index (χ0) is 10.2. The van der Waals surface area contributed by atoms with Crippen molar-refractivity contribution in [3.63, 3.8) is 0 Å². The normalized spacial score (nSPS) is 34.0. The number of amides is 1. The van der Waals surface area contributed by atoms with Crippen molar-refractivity contribution in [1.29, 1.82) is 0 Å². The highest BCUT2D eigenvalue weighted by atomic mass is 16.3. The van der Waals surface area contributed by atoms with Gasteiger partial charge in [-0.3, -0.25) is 4.79 Å². The molecule has 2 N–H and O–H groups in total. The fourth-order valence-electron chi connectivity index (χ4n) is 2.21. The van der Waals surface area contributed by atoms with E-state index >= 15 is 0 Å². The van der Waals surface area contributed by atoms with E-state index < -0.39 is 0 Å². The van der Waals surface area contributed by atoms with Crippen LogP contribution < -0.4 is 5.32 Å². The standard InChI is InChI=1S/C10H18N2O2/c1-10(4-2-3-5-11-10)9(14)12-6-8(13)7-12/h8,11,13H,2-7H2,1H3. The van der Waals surface area contributed by atoms with Crippen molar-refractivity contribution < 1.29 is 9.90 Å². The van der Waals surface area contributed by atoms with E-state index in [0.717, 1.165) is 25.8 Å². The van der Waals surface area contributed by atoms with Crippen molar-refractivity contribution in [2.24, 2.45) is 0 Å². The van der Waals surface area contributed by atoms with Gasteiger partial charge in [0.2, 0.25) is 5.91 Å². The molecule has 1 atom stereocenters. The Hall–Kier alpha value is -0.610. The van der Waals surface area contributed by atoms with E-state index in [1.807, 2.05) is 6.92 Å². The Morgan fingerprint density at radius 3 is 2.71 bits per heavy atom. The van der Waals surface area contributed by atoms with Crippen LogP contribution in [-0.4, -0.2) is 47.2 Å². The van der Waals surface area contributed by atoms with Crippen LogP contribution in [0.3, 0.4) is 0 Å². The summed E-state index contributed by atoms with van der Waals surface area (Å²) in [6, 6.07) is 0. The number of β-amino-alcohol motifs (C(OH)–C–C–N with tert-alkyl or cyclic N) is 1. The SMILES string of the molecule is CC1(C(=O)N2CC(O)C2)CCCCN1. The van der Waals surface area contributed by atoms with Crippen molar-refractivity contribution >= 4 is 5.91 Å². The predicted octanol–water partition coefficient (Wildman–Crippen LogP) is -0.278. The third-order valence-corrected chi connectivity index (χ3v) is 3.24. The number of hydrogen-bond acceptors (Lipinski definition) is 3. The van der Waals surface area contributed by atoms with E-state index in [0.29, 0.717) is 13.1 Å². The molecule has 2 aliphatic rings. The van der Waals surface area contributed by atoms with E-state index in [2.05, 4.69) is 5.32 Å². The molecule has 1 amide bonds. The minimum atomic E-state index is -0.377. The summed E-state index contributed by atoms with van der Waals surface area (Å²) < 4.78 is 0. The second-order valence-electron chi connectivity index (χ2n) is 4.58. The number of aliphatic hydroxyl groups excluding tert-OH is 1. The molecular formula is C10H18N2O2. The van der Waals surface area contributed by atoms with E-state index in [-0.39, 0.29) is 17.6 Å². The average molecular weight is 198 g/mol. The highest BCUT2D eigenvalue weighted by molar-refractivity contribution is 5.86. The molecule has 0 saturated carbocycles. The van der Waals surface area contributed by atoms with Crippen molar-refractivity contribution in [2.45, 2.75) is 37.8 Å². The fourth-order valence-corrected chi connectivity index (χ4v) is 2.21. The Balaban J connectivity index is 1.95. The topological polar surface area (TPSA) is 52.6 Å². The predicted molar refractivity (Wildman–Crippen MR) is 52.8 cm³/mol. The van der Waals surface area contributed by atoms with Gasteiger partial charge in [0.15, 0.2) is 0 Å². The molecule has 4 nitrogen and oxygen atoms in total. The van der Waals surface area contributed by atoms with Crippen LogP contribution in [0.15, 0.2) is 0 Å². The maximum absolute atomic E-state index is 12.0. The van der Waals surface area contributed by atoms with Crippen molar-refractivity contribution in [1.82, 2.24) is 10.2 Å². The van der Waals surface area contributed by atoms with Gasteiger partial charge in [-0.1, -0.05) is 0 Å². The quantitative estimate of drug-likeness (QED) is 0.609. The first-order valence-corrected chi connectivity index (χ1v) is 5.34. The first-order valence-electron chi connectivity index (χ1n) is 5.34. The number of rotatable bonds is 1. The number of nitrogens with zero attached hydrogens (tertiary/aromatic N) is 1. The minimum absolute atomic E-state index is 0.155. The lowest BCUT2D eigenvalue weighted by molar-refractivity contribution is -0.149. The molecule has 0 aromatic heterocycles. The molecular weight excluding hydrogens is 180 g/mol. The fraction of sp³-hybridized carbons (Fsp3) is 0.900. The summed E-state index contributed by atoms with van der Waals surface area (Å²) in [5.74, 6) is 0.155. The molecule has 80 valence electrons. The molecule has 0 aromatic rings. The number of likely N-dealkylation sites (tertiary alicyclic amines) is 1. The van der Waals surface area contributed by atoms with Crippen LogP contribution in [-0.2, 0) is 4.79 Å². The Kier molecular flexibility index (Phi) is 2.49. The zero-order valence-electron chi connectivity index (χ0n) is 8.62. The highest BCUT2D eigenvalue weighted by Gasteiger charge is 2.41. The Bertz CT molecular complexity index is 230. The van der Waals surface area contributed by atoms with Gasteiger partial charge in [-0.15, -0.1) is 0 Å². The van der Waals surface area contributed by atoms with E-state index in [9.17, 15) is 4.79 Å². The lowest BCUT2D eigenvalue weighted by Gasteiger charge is -2.43. The number of piperidine rings is 1. The van der Waals surface area contributed by atoms with Crippen LogP contribution in [0, 0.1) is 0 Å². The van der Waals surface area contributed by atoms with Crippen LogP contribution in [0.2, 0.25) is 0 Å². The molecule has 0 bridgehead atoms. The summed E-state index contributed by atoms with van der Waals surface area (Å²) in [4.78, 5) is 13.7. The molecule has 2 saturated heterocycles. The van der Waals surface area contributed by atoms with Gasteiger partial charge in [0.25, 0.3) is 0 Å². The van der Waals surface area contributed by atoms with E-state index in [4.69, 9.17) is 5.11 Å². The Labute approximate surface area is 84.3 Å². The van der Waals surface area contributed by atoms with E-state index in [1.165, 1.54) is 0 Å². The van der Waals surface area contributed by atoms with Gasteiger partial charge in [-0.2, -0.15) is 0 Å². The van der Waals surface area contributed by atoms with Crippen LogP contribution in [0.5, 0.6) is 0 Å². The molecule has 0 radical (unpaired) electrons. The van der Waals surface area contributed by atoms with Crippen molar-refractivity contribution in [3.05, 3.63) is 0 Å². The summed E-state index contributed by atoms with van der Waals surface area (Å²) in [7, 11) is 0. The first kappa shape index (κ1) is 9.93. The number of aliphatic hydroxyl groups is 1. The molecule has 2 fully saturated rings. The van der Waals surface area contributed by atoms with Crippen molar-refractivity contribution in [3.8, 4) is 0 Å². The third kappa shape index (κ3) is 1.64. The average Bonchev–Trinajstić information content (AvgIpc) is 2.13. The lowest BCUT2D eigenvalue weighted by atomic mass is 9.88. The smallest absolute Gasteiger partial charge is 0.242 e. The van der Waals surface area contributed by atoms with Gasteiger partial charge in [-0.05, 0) is 32.7 Å². The summed E-state index contributed by atoms with van der Waals surface area (Å²) in [6.07, 6.45) is 2.89. The van der Waals surface area contributed by atoms with Gasteiger partial charge in [0, 0.05) is 13.1 Å². The minimum Gasteiger partial charge on any atom is -0.389 e. The molecule has 1 unspecified atom stereocenters. The van der Waals surface area contributed by atoms with Crippen LogP contribution in [0.1, 0.15) is 26.2 Å². The van der Waals surface area contributed by atoms with Gasteiger partial charge in [0.1, 0.15) is 0 Å². The molecule has 14 heavy (non-hydrogen) atoms. The second-order valence-corrected chi connectivity index (χ2v) is 4.58. The molecule has 0 aromatic carbocycles. The summed E-state index contributed by atoms with van der Waals surface area (Å²) >= 11 is 0. The monoisotopic (exact) mass is 198 g/mol. The zero-order valence-corrected chi connectivity index (χ0v) is 8.62. The van der Waals surface area contributed by atoms with Gasteiger partial charge >= 0.3 is 0 Å². The lowest BCUT2D eigenvalue weighted by Crippen LogP contribution is -2.64. The maximum Gasteiger partial charge on any atom is 0.242 e. The molecule has 2 heterocycles. The number of carbonyl (C=O) groups excluding carboxylic acids is 1. The number of nitrogens with one attached hydrogen (secondary N) is 1. The molecule has 2 aliphatic heterocycles. The highest BCUT2D eigenvalue weighted by Crippen LogP contribution is 2.23. The third-order valence-electron chi connectivity index (χ3n) is 3.24. The maximum atomic E-state index is 12.0. The molecule has 0 aliphatic carbocycles. The number of hydrogen-bond donors (Lipinski definition) is 2. The largest absolute Gasteiger partial charge is 0.389 e. The molecule has 4 heteroatoms. The van der Waals surface area contributed by atoms with Gasteiger partial charge < -0.3 is 15.3 Å². The van der Waals surface area contributed by atoms with Crippen LogP contribution in [0.4, 0.5) is 0 Å². The van der Waals surface area contributed by atoms with Crippen LogP contribution >= 0.6 is 0 Å². The number of carbonyl (C=O) groups is 1.